The van der Waals surface area contributed by atoms with E-state index in [1.165, 1.54) is 5.56 Å². The Morgan fingerprint density at radius 2 is 1.40 bits per heavy atom. The van der Waals surface area contributed by atoms with Gasteiger partial charge in [-0.05, 0) is 59.9 Å². The molecule has 30 heavy (non-hydrogen) atoms. The minimum absolute atomic E-state index is 0.0698. The summed E-state index contributed by atoms with van der Waals surface area (Å²) in [5.41, 5.74) is 6.64. The first-order chi connectivity index (χ1) is 14.3. The normalized spacial score (nSPS) is 12.1. The maximum absolute atomic E-state index is 6.01. The highest BCUT2D eigenvalue weighted by Crippen LogP contribution is 2.37. The molecule has 0 saturated heterocycles. The molecule has 5 heteroatoms. The standard InChI is InChI=1S/C25H22N2O2S/c1-14(2)15-6-8-19-17(12-15)26-23(28-19)21-10-11-22(30-21)24-27-18-13-16(25(3,4)5)7-9-20(18)29-24/h6-13H,1H2,2-5H3. The van der Waals surface area contributed by atoms with Gasteiger partial charge in [-0.1, -0.05) is 45.1 Å². The van der Waals surface area contributed by atoms with Crippen molar-refractivity contribution in [2.24, 2.45) is 0 Å². The smallest absolute Gasteiger partial charge is 0.237 e. The zero-order valence-corrected chi connectivity index (χ0v) is 18.3. The molecule has 5 rings (SSSR count). The summed E-state index contributed by atoms with van der Waals surface area (Å²) in [6.45, 7) is 12.6. The van der Waals surface area contributed by atoms with E-state index in [1.54, 1.807) is 11.3 Å². The molecule has 0 bridgehead atoms. The third-order valence-electron chi connectivity index (χ3n) is 5.16. The molecule has 0 atom stereocenters. The van der Waals surface area contributed by atoms with Gasteiger partial charge < -0.3 is 8.83 Å². The second kappa shape index (κ2) is 6.67. The van der Waals surface area contributed by atoms with Crippen molar-refractivity contribution in [1.29, 1.82) is 0 Å². The van der Waals surface area contributed by atoms with Gasteiger partial charge in [0.15, 0.2) is 11.2 Å². The first-order valence-corrected chi connectivity index (χ1v) is 10.7. The molecular formula is C25H22N2O2S. The van der Waals surface area contributed by atoms with E-state index in [9.17, 15) is 0 Å². The van der Waals surface area contributed by atoms with Gasteiger partial charge in [0, 0.05) is 0 Å². The number of oxazole rings is 2. The van der Waals surface area contributed by atoms with Crippen molar-refractivity contribution in [3.63, 3.8) is 0 Å². The Balaban J connectivity index is 1.51. The van der Waals surface area contributed by atoms with Crippen LogP contribution < -0.4 is 0 Å². The number of hydrogen-bond acceptors (Lipinski definition) is 5. The molecule has 0 amide bonds. The van der Waals surface area contributed by atoms with Crippen LogP contribution in [-0.2, 0) is 5.41 Å². The van der Waals surface area contributed by atoms with E-state index >= 15 is 0 Å². The Labute approximate surface area is 178 Å². The lowest BCUT2D eigenvalue weighted by atomic mass is 9.87. The summed E-state index contributed by atoms with van der Waals surface area (Å²) in [5.74, 6) is 1.22. The molecule has 4 nitrogen and oxygen atoms in total. The maximum atomic E-state index is 6.01. The van der Waals surface area contributed by atoms with E-state index in [-0.39, 0.29) is 5.41 Å². The van der Waals surface area contributed by atoms with Crippen LogP contribution in [0.25, 0.3) is 49.3 Å². The molecule has 0 aliphatic rings. The zero-order valence-electron chi connectivity index (χ0n) is 17.4. The van der Waals surface area contributed by atoms with E-state index < -0.39 is 0 Å². The molecule has 0 radical (unpaired) electrons. The predicted octanol–water partition coefficient (Wildman–Crippen LogP) is 7.70. The van der Waals surface area contributed by atoms with Crippen LogP contribution in [0.2, 0.25) is 0 Å². The Morgan fingerprint density at radius 1 is 0.833 bits per heavy atom. The lowest BCUT2D eigenvalue weighted by Gasteiger charge is -2.18. The Kier molecular flexibility index (Phi) is 4.19. The van der Waals surface area contributed by atoms with Crippen LogP contribution in [0.3, 0.4) is 0 Å². The number of fused-ring (bicyclic) bond motifs is 2. The van der Waals surface area contributed by atoms with Gasteiger partial charge in [-0.3, -0.25) is 0 Å². The lowest BCUT2D eigenvalue weighted by Crippen LogP contribution is -2.10. The van der Waals surface area contributed by atoms with Crippen molar-refractivity contribution in [2.75, 3.05) is 0 Å². The van der Waals surface area contributed by atoms with E-state index in [0.717, 1.165) is 43.1 Å². The molecule has 5 aromatic rings. The average Bonchev–Trinajstić information content (AvgIpc) is 3.42. The largest absolute Gasteiger partial charge is 0.435 e. The first-order valence-electron chi connectivity index (χ1n) is 9.86. The molecule has 0 N–H and O–H groups in total. The second-order valence-electron chi connectivity index (χ2n) is 8.60. The topological polar surface area (TPSA) is 52.1 Å². The Hall–Kier alpha value is -3.18. The van der Waals surface area contributed by atoms with Crippen molar-refractivity contribution < 1.29 is 8.83 Å². The summed E-state index contributed by atoms with van der Waals surface area (Å²) in [4.78, 5) is 11.3. The van der Waals surface area contributed by atoms with E-state index in [4.69, 9.17) is 13.8 Å². The van der Waals surface area contributed by atoms with Crippen LogP contribution in [-0.4, -0.2) is 9.97 Å². The highest BCUT2D eigenvalue weighted by atomic mass is 32.1. The predicted molar refractivity (Wildman–Crippen MR) is 124 cm³/mol. The van der Waals surface area contributed by atoms with Crippen LogP contribution in [0.4, 0.5) is 0 Å². The molecule has 0 aliphatic heterocycles. The van der Waals surface area contributed by atoms with Gasteiger partial charge in [-0.25, -0.2) is 9.97 Å². The molecule has 150 valence electrons. The highest BCUT2D eigenvalue weighted by Gasteiger charge is 2.18. The summed E-state index contributed by atoms with van der Waals surface area (Å²) >= 11 is 1.56. The van der Waals surface area contributed by atoms with Crippen molar-refractivity contribution in [3.05, 3.63) is 66.2 Å². The SMILES string of the molecule is C=C(C)c1ccc2oc(-c3ccc(-c4nc5cc(C(C)(C)C)ccc5o4)s3)nc2c1. The summed E-state index contributed by atoms with van der Waals surface area (Å²) in [5, 5.41) is 0. The minimum Gasteiger partial charge on any atom is -0.435 e. The van der Waals surface area contributed by atoms with Gasteiger partial charge in [0.2, 0.25) is 11.8 Å². The fourth-order valence-corrected chi connectivity index (χ4v) is 4.22. The van der Waals surface area contributed by atoms with Crippen LogP contribution >= 0.6 is 11.3 Å². The second-order valence-corrected chi connectivity index (χ2v) is 9.68. The molecule has 2 aromatic carbocycles. The maximum Gasteiger partial charge on any atom is 0.237 e. The molecule has 0 saturated carbocycles. The number of aromatic nitrogens is 2. The van der Waals surface area contributed by atoms with Crippen LogP contribution in [0, 0.1) is 0 Å². The summed E-state index contributed by atoms with van der Waals surface area (Å²) in [7, 11) is 0. The fourth-order valence-electron chi connectivity index (χ4n) is 3.37. The number of thiophene rings is 1. The first kappa shape index (κ1) is 18.8. The van der Waals surface area contributed by atoms with Crippen LogP contribution in [0.1, 0.15) is 38.8 Å². The number of allylic oxidation sites excluding steroid dienone is 1. The number of benzene rings is 2. The summed E-state index contributed by atoms with van der Waals surface area (Å²) in [6.07, 6.45) is 0. The van der Waals surface area contributed by atoms with Crippen LogP contribution in [0.15, 0.2) is 63.9 Å². The van der Waals surface area contributed by atoms with Gasteiger partial charge in [-0.2, -0.15) is 0 Å². The van der Waals surface area contributed by atoms with Crippen molar-refractivity contribution >= 4 is 39.1 Å². The molecule has 0 spiro atoms. The Bertz CT molecular complexity index is 1410. The molecule has 3 heterocycles. The van der Waals surface area contributed by atoms with Gasteiger partial charge >= 0.3 is 0 Å². The van der Waals surface area contributed by atoms with Gasteiger partial charge in [0.1, 0.15) is 11.0 Å². The lowest BCUT2D eigenvalue weighted by molar-refractivity contribution is 0.590. The van der Waals surface area contributed by atoms with Crippen molar-refractivity contribution in [2.45, 2.75) is 33.1 Å². The molecule has 0 fully saturated rings. The van der Waals surface area contributed by atoms with E-state index in [2.05, 4.69) is 44.5 Å². The third kappa shape index (κ3) is 3.25. The number of nitrogens with zero attached hydrogens (tertiary/aromatic N) is 2. The monoisotopic (exact) mass is 414 g/mol. The average molecular weight is 415 g/mol. The van der Waals surface area contributed by atoms with Crippen molar-refractivity contribution in [3.8, 4) is 21.5 Å². The summed E-state index contributed by atoms with van der Waals surface area (Å²) < 4.78 is 12.0. The van der Waals surface area contributed by atoms with Crippen LogP contribution in [0.5, 0.6) is 0 Å². The summed E-state index contributed by atoms with van der Waals surface area (Å²) in [6, 6.07) is 16.2. The Morgan fingerprint density at radius 3 is 1.97 bits per heavy atom. The van der Waals surface area contributed by atoms with Gasteiger partial charge in [-0.15, -0.1) is 11.3 Å². The highest BCUT2D eigenvalue weighted by molar-refractivity contribution is 7.18. The zero-order chi connectivity index (χ0) is 21.0. The fraction of sp³-hybridized carbons (Fsp3) is 0.200. The third-order valence-corrected chi connectivity index (χ3v) is 6.22. The number of hydrogen-bond donors (Lipinski definition) is 0. The van der Waals surface area contributed by atoms with Gasteiger partial charge in [0.25, 0.3) is 0 Å². The molecular weight excluding hydrogens is 392 g/mol. The molecule has 0 aliphatic carbocycles. The minimum atomic E-state index is 0.0698. The molecule has 0 unspecified atom stereocenters. The van der Waals surface area contributed by atoms with Crippen molar-refractivity contribution in [1.82, 2.24) is 9.97 Å². The molecule has 3 aromatic heterocycles. The van der Waals surface area contributed by atoms with Gasteiger partial charge in [0.05, 0.1) is 9.75 Å². The van der Waals surface area contributed by atoms with E-state index in [1.807, 2.05) is 43.3 Å². The quantitative estimate of drug-likeness (QED) is 0.303. The van der Waals surface area contributed by atoms with E-state index in [0.29, 0.717) is 11.8 Å². The number of rotatable bonds is 3.